The summed E-state index contributed by atoms with van der Waals surface area (Å²) in [6, 6.07) is 18.7. The second-order valence-electron chi connectivity index (χ2n) is 6.27. The van der Waals surface area contributed by atoms with Gasteiger partial charge in [-0.3, -0.25) is 4.79 Å². The summed E-state index contributed by atoms with van der Waals surface area (Å²) in [4.78, 5) is 24.7. The molecule has 0 amide bonds. The van der Waals surface area contributed by atoms with E-state index in [1.54, 1.807) is 24.3 Å². The molecule has 0 N–H and O–H groups in total. The van der Waals surface area contributed by atoms with E-state index in [2.05, 4.69) is 0 Å². The molecule has 0 saturated carbocycles. The van der Waals surface area contributed by atoms with E-state index in [9.17, 15) is 9.59 Å². The quantitative estimate of drug-likeness (QED) is 0.333. The number of benzene rings is 3. The Hall–Kier alpha value is -3.02. The molecule has 0 bridgehead atoms. The number of ketones is 1. The fraction of sp³-hybridized carbons (Fsp3) is 0.130. The predicted molar refractivity (Wildman–Crippen MR) is 115 cm³/mol. The Bertz CT molecular complexity index is 1030. The van der Waals surface area contributed by atoms with Gasteiger partial charge in [0.2, 0.25) is 0 Å². The van der Waals surface area contributed by atoms with Crippen molar-refractivity contribution in [3.63, 3.8) is 0 Å². The lowest BCUT2D eigenvalue weighted by atomic mass is 10.1. The Kier molecular flexibility index (Phi) is 7.33. The minimum atomic E-state index is -0.702. The van der Waals surface area contributed by atoms with Crippen LogP contribution in [-0.2, 0) is 11.3 Å². The molecule has 0 atom stereocenters. The van der Waals surface area contributed by atoms with Crippen LogP contribution in [0, 0.1) is 0 Å². The molecule has 0 saturated heterocycles. The van der Waals surface area contributed by atoms with Gasteiger partial charge in [0.1, 0.15) is 6.61 Å². The van der Waals surface area contributed by atoms with E-state index in [1.807, 2.05) is 30.3 Å². The van der Waals surface area contributed by atoms with Crippen LogP contribution >= 0.6 is 23.2 Å². The van der Waals surface area contributed by atoms with Crippen molar-refractivity contribution in [3.8, 4) is 11.5 Å². The van der Waals surface area contributed by atoms with E-state index >= 15 is 0 Å². The number of hydrogen-bond acceptors (Lipinski definition) is 5. The summed E-state index contributed by atoms with van der Waals surface area (Å²) < 4.78 is 16.2. The third kappa shape index (κ3) is 5.53. The van der Waals surface area contributed by atoms with Gasteiger partial charge in [-0.2, -0.15) is 0 Å². The smallest absolute Gasteiger partial charge is 0.338 e. The van der Waals surface area contributed by atoms with Crippen LogP contribution in [-0.4, -0.2) is 25.5 Å². The molecule has 0 aromatic heterocycles. The molecule has 0 aliphatic heterocycles. The van der Waals surface area contributed by atoms with E-state index in [0.717, 1.165) is 5.56 Å². The van der Waals surface area contributed by atoms with Crippen molar-refractivity contribution in [2.24, 2.45) is 0 Å². The zero-order valence-electron chi connectivity index (χ0n) is 16.1. The van der Waals surface area contributed by atoms with Crippen molar-refractivity contribution in [1.29, 1.82) is 0 Å². The Morgan fingerprint density at radius 2 is 1.60 bits per heavy atom. The van der Waals surface area contributed by atoms with Crippen LogP contribution in [0.25, 0.3) is 0 Å². The highest BCUT2D eigenvalue weighted by Gasteiger charge is 2.18. The summed E-state index contributed by atoms with van der Waals surface area (Å²) >= 11 is 12.1. The Labute approximate surface area is 184 Å². The lowest BCUT2D eigenvalue weighted by molar-refractivity contribution is 0.0474. The second-order valence-corrected chi connectivity index (χ2v) is 7.11. The van der Waals surface area contributed by atoms with Crippen LogP contribution < -0.4 is 9.47 Å². The highest BCUT2D eigenvalue weighted by molar-refractivity contribution is 6.32. The number of methoxy groups -OCH3 is 1. The van der Waals surface area contributed by atoms with Crippen LogP contribution in [0.15, 0.2) is 66.7 Å². The third-order valence-electron chi connectivity index (χ3n) is 4.19. The van der Waals surface area contributed by atoms with Crippen LogP contribution in [0.5, 0.6) is 11.5 Å². The number of ether oxygens (including phenoxy) is 3. The lowest BCUT2D eigenvalue weighted by Gasteiger charge is -2.14. The maximum atomic E-state index is 12.5. The first-order chi connectivity index (χ1) is 14.5. The van der Waals surface area contributed by atoms with Gasteiger partial charge in [-0.05, 0) is 42.0 Å². The number of hydrogen-bond donors (Lipinski definition) is 0. The van der Waals surface area contributed by atoms with Crippen LogP contribution in [0.4, 0.5) is 0 Å². The molecule has 0 radical (unpaired) electrons. The molecule has 0 aliphatic rings. The van der Waals surface area contributed by atoms with Crippen LogP contribution in [0.3, 0.4) is 0 Å². The molecule has 3 rings (SSSR count). The van der Waals surface area contributed by atoms with E-state index in [1.165, 1.54) is 19.2 Å². The lowest BCUT2D eigenvalue weighted by Crippen LogP contribution is -2.14. The zero-order chi connectivity index (χ0) is 21.5. The summed E-state index contributed by atoms with van der Waals surface area (Å²) in [5.41, 5.74) is 1.48. The van der Waals surface area contributed by atoms with Crippen molar-refractivity contribution < 1.29 is 23.8 Å². The molecular formula is C23H18Cl2O5. The molecule has 3 aromatic carbocycles. The zero-order valence-corrected chi connectivity index (χ0v) is 17.6. The first-order valence-electron chi connectivity index (χ1n) is 8.98. The predicted octanol–water partition coefficient (Wildman–Crippen LogP) is 5.62. The first-order valence-corrected chi connectivity index (χ1v) is 9.73. The highest BCUT2D eigenvalue weighted by Crippen LogP contribution is 2.37. The molecule has 30 heavy (non-hydrogen) atoms. The number of rotatable bonds is 8. The fourth-order valence-corrected chi connectivity index (χ4v) is 3.07. The molecule has 154 valence electrons. The van der Waals surface area contributed by atoms with Gasteiger partial charge in [0.25, 0.3) is 0 Å². The molecule has 0 aliphatic carbocycles. The monoisotopic (exact) mass is 444 g/mol. The van der Waals surface area contributed by atoms with E-state index in [4.69, 9.17) is 37.4 Å². The van der Waals surface area contributed by atoms with Gasteiger partial charge in [-0.15, -0.1) is 0 Å². The molecule has 0 heterocycles. The SMILES string of the molecule is COc1c(Cl)cc(C(=O)OCC(=O)c2ccc(Cl)cc2)cc1OCc1ccccc1. The Balaban J connectivity index is 1.71. The molecule has 0 fully saturated rings. The fourth-order valence-electron chi connectivity index (χ4n) is 2.66. The summed E-state index contributed by atoms with van der Waals surface area (Å²) in [6.45, 7) is -0.147. The second kappa shape index (κ2) is 10.1. The normalized spacial score (nSPS) is 10.4. The average Bonchev–Trinajstić information content (AvgIpc) is 2.76. The summed E-state index contributed by atoms with van der Waals surface area (Å²) in [5.74, 6) is -0.446. The van der Waals surface area contributed by atoms with E-state index < -0.39 is 12.6 Å². The number of Topliss-reactive ketones (excluding diaryl/α,β-unsaturated/α-hetero) is 1. The molecule has 0 spiro atoms. The van der Waals surface area contributed by atoms with Gasteiger partial charge in [0.05, 0.1) is 17.7 Å². The van der Waals surface area contributed by atoms with Crippen LogP contribution in [0.2, 0.25) is 10.0 Å². The van der Waals surface area contributed by atoms with Gasteiger partial charge in [0, 0.05) is 10.6 Å². The highest BCUT2D eigenvalue weighted by atomic mass is 35.5. The van der Waals surface area contributed by atoms with Crippen LogP contribution in [0.1, 0.15) is 26.3 Å². The Morgan fingerprint density at radius 3 is 2.27 bits per heavy atom. The summed E-state index contributed by atoms with van der Waals surface area (Å²) in [6.07, 6.45) is 0. The van der Waals surface area contributed by atoms with Gasteiger partial charge in [0.15, 0.2) is 23.9 Å². The number of halogens is 2. The molecule has 5 nitrogen and oxygen atoms in total. The average molecular weight is 445 g/mol. The van der Waals surface area contributed by atoms with E-state index in [-0.39, 0.29) is 23.0 Å². The van der Waals surface area contributed by atoms with Gasteiger partial charge in [-0.25, -0.2) is 4.79 Å². The van der Waals surface area contributed by atoms with Crippen molar-refractivity contribution in [3.05, 3.63) is 93.5 Å². The van der Waals surface area contributed by atoms with Gasteiger partial charge < -0.3 is 14.2 Å². The minimum absolute atomic E-state index is 0.146. The number of carbonyl (C=O) groups is 2. The Morgan fingerprint density at radius 1 is 0.900 bits per heavy atom. The number of esters is 1. The molecule has 3 aromatic rings. The summed E-state index contributed by atoms with van der Waals surface area (Å²) in [7, 11) is 1.46. The molecular weight excluding hydrogens is 427 g/mol. The summed E-state index contributed by atoms with van der Waals surface area (Å²) in [5, 5.41) is 0.707. The molecule has 7 heteroatoms. The minimum Gasteiger partial charge on any atom is -0.491 e. The maximum Gasteiger partial charge on any atom is 0.338 e. The van der Waals surface area contributed by atoms with Gasteiger partial charge in [-0.1, -0.05) is 53.5 Å². The van der Waals surface area contributed by atoms with E-state index in [0.29, 0.717) is 22.1 Å². The van der Waals surface area contributed by atoms with Gasteiger partial charge >= 0.3 is 5.97 Å². The van der Waals surface area contributed by atoms with Crippen molar-refractivity contribution >= 4 is 35.0 Å². The standard InChI is InChI=1S/C23H18Cl2O5/c1-28-22-19(25)11-17(12-21(22)29-13-15-5-3-2-4-6-15)23(27)30-14-20(26)16-7-9-18(24)10-8-16/h2-12H,13-14H2,1H3. The maximum absolute atomic E-state index is 12.5. The molecule has 0 unspecified atom stereocenters. The van der Waals surface area contributed by atoms with Crippen molar-refractivity contribution in [2.75, 3.05) is 13.7 Å². The van der Waals surface area contributed by atoms with Crippen molar-refractivity contribution in [1.82, 2.24) is 0 Å². The largest absolute Gasteiger partial charge is 0.491 e. The third-order valence-corrected chi connectivity index (χ3v) is 4.72. The topological polar surface area (TPSA) is 61.8 Å². The first kappa shape index (κ1) is 21.7. The number of carbonyl (C=O) groups excluding carboxylic acids is 2. The van der Waals surface area contributed by atoms with Crippen molar-refractivity contribution in [2.45, 2.75) is 6.61 Å².